The summed E-state index contributed by atoms with van der Waals surface area (Å²) in [5.41, 5.74) is 0.529. The summed E-state index contributed by atoms with van der Waals surface area (Å²) in [4.78, 5) is 11.7. The van der Waals surface area contributed by atoms with Gasteiger partial charge in [-0.1, -0.05) is 42.6 Å². The number of thioether (sulfide) groups is 1. The molecule has 0 spiro atoms. The normalized spacial score (nSPS) is 20.6. The van der Waals surface area contributed by atoms with Crippen LogP contribution in [0.1, 0.15) is 23.6 Å². The fraction of sp³-hybridized carbons (Fsp3) is 0.227. The van der Waals surface area contributed by atoms with Crippen molar-refractivity contribution in [1.29, 1.82) is 0 Å². The average molecular weight is 459 g/mol. The van der Waals surface area contributed by atoms with E-state index in [4.69, 9.17) is 9.47 Å². The molecule has 5 rings (SSSR count). The maximum Gasteiger partial charge on any atom is 0.435 e. The molecule has 0 aliphatic carbocycles. The number of halogens is 3. The average Bonchev–Trinajstić information content (AvgIpc) is 3.10. The number of rotatable bonds is 3. The van der Waals surface area contributed by atoms with E-state index >= 15 is 0 Å². The largest absolute Gasteiger partial charge is 0.493 e. The molecule has 0 radical (unpaired) electrons. The first-order valence-corrected chi connectivity index (χ1v) is 10.6. The molecule has 3 heterocycles. The lowest BCUT2D eigenvalue weighted by Crippen LogP contribution is -2.24. The van der Waals surface area contributed by atoms with Crippen molar-refractivity contribution in [2.75, 3.05) is 6.61 Å². The predicted octanol–water partition coefficient (Wildman–Crippen LogP) is 5.65. The van der Waals surface area contributed by atoms with Gasteiger partial charge in [0, 0.05) is 28.5 Å². The molecule has 1 amide bonds. The molecule has 2 atom stereocenters. The molecule has 1 saturated heterocycles. The molecule has 1 aromatic heterocycles. The second-order valence-corrected chi connectivity index (χ2v) is 8.53. The quantitative estimate of drug-likeness (QED) is 0.546. The van der Waals surface area contributed by atoms with E-state index in [2.05, 4.69) is 22.1 Å². The van der Waals surface area contributed by atoms with Crippen molar-refractivity contribution in [3.63, 3.8) is 0 Å². The Morgan fingerprint density at radius 2 is 1.94 bits per heavy atom. The SMILES string of the molecule is C=C1NC(=O)SC1[C@@H]1CCOc2cc(Oc3nnc(C(F)(F)F)c4ccccc34)ccc21. The summed E-state index contributed by atoms with van der Waals surface area (Å²) in [6, 6.07) is 11.2. The fourth-order valence-corrected chi connectivity index (χ4v) is 5.06. The van der Waals surface area contributed by atoms with Crippen LogP contribution in [0.3, 0.4) is 0 Å². The maximum absolute atomic E-state index is 13.3. The van der Waals surface area contributed by atoms with Crippen molar-refractivity contribution >= 4 is 27.8 Å². The van der Waals surface area contributed by atoms with Crippen LogP contribution in [0.15, 0.2) is 54.7 Å². The van der Waals surface area contributed by atoms with Gasteiger partial charge in [-0.15, -0.1) is 10.2 Å². The van der Waals surface area contributed by atoms with Crippen molar-refractivity contribution in [2.45, 2.75) is 23.8 Å². The van der Waals surface area contributed by atoms with Gasteiger partial charge < -0.3 is 14.8 Å². The lowest BCUT2D eigenvalue weighted by molar-refractivity contribution is -0.140. The highest BCUT2D eigenvalue weighted by molar-refractivity contribution is 8.14. The molecule has 1 N–H and O–H groups in total. The standard InChI is InChI=1S/C22H16F3N3O3S/c1-11-18(32-21(29)26-11)14-8-9-30-17-10-12(6-7-13(14)17)31-20-16-5-3-2-4-15(16)19(27-28-20)22(23,24)25/h2-7,10,14,18H,1,8-9H2,(H,26,29)/t14-,18?/m1/s1. The van der Waals surface area contributed by atoms with Gasteiger partial charge in [0.05, 0.1) is 11.9 Å². The number of fused-ring (bicyclic) bond motifs is 2. The lowest BCUT2D eigenvalue weighted by atomic mass is 9.88. The number of ether oxygens (including phenoxy) is 2. The van der Waals surface area contributed by atoms with Crippen LogP contribution in [0, 0.1) is 0 Å². The minimum Gasteiger partial charge on any atom is -0.493 e. The van der Waals surface area contributed by atoms with Crippen LogP contribution in [-0.4, -0.2) is 27.3 Å². The highest BCUT2D eigenvalue weighted by Crippen LogP contribution is 2.46. The Hall–Kier alpha value is -3.27. The van der Waals surface area contributed by atoms with Gasteiger partial charge in [0.15, 0.2) is 5.69 Å². The number of amides is 1. The van der Waals surface area contributed by atoms with Crippen LogP contribution in [-0.2, 0) is 6.18 Å². The number of hydrogen-bond acceptors (Lipinski definition) is 6. The van der Waals surface area contributed by atoms with Gasteiger partial charge in [-0.05, 0) is 24.1 Å². The molecule has 1 fully saturated rings. The molecule has 2 aliphatic rings. The Kier molecular flexibility index (Phi) is 4.96. The van der Waals surface area contributed by atoms with E-state index in [-0.39, 0.29) is 33.1 Å². The number of benzene rings is 2. The van der Waals surface area contributed by atoms with Crippen molar-refractivity contribution in [3.8, 4) is 17.4 Å². The van der Waals surface area contributed by atoms with Crippen molar-refractivity contribution in [3.05, 3.63) is 66.0 Å². The van der Waals surface area contributed by atoms with E-state index in [1.807, 2.05) is 6.07 Å². The van der Waals surface area contributed by atoms with E-state index in [0.29, 0.717) is 23.8 Å². The van der Waals surface area contributed by atoms with Crippen LogP contribution in [0.5, 0.6) is 17.4 Å². The molecular formula is C22H16F3N3O3S. The molecule has 6 nitrogen and oxygen atoms in total. The third-order valence-corrected chi connectivity index (χ3v) is 6.60. The number of carbonyl (C=O) groups excluding carboxylic acids is 1. The molecular weight excluding hydrogens is 443 g/mol. The molecule has 2 aliphatic heterocycles. The van der Waals surface area contributed by atoms with E-state index in [1.165, 1.54) is 30.0 Å². The molecule has 2 aromatic carbocycles. The lowest BCUT2D eigenvalue weighted by Gasteiger charge is -2.29. The summed E-state index contributed by atoms with van der Waals surface area (Å²) in [5, 5.41) is 9.68. The first kappa shape index (κ1) is 20.6. The van der Waals surface area contributed by atoms with E-state index in [9.17, 15) is 18.0 Å². The van der Waals surface area contributed by atoms with E-state index in [1.54, 1.807) is 18.2 Å². The van der Waals surface area contributed by atoms with Gasteiger partial charge in [0.2, 0.25) is 5.88 Å². The van der Waals surface area contributed by atoms with Crippen LogP contribution >= 0.6 is 11.8 Å². The number of alkyl halides is 3. The number of aromatic nitrogens is 2. The van der Waals surface area contributed by atoms with Gasteiger partial charge in [0.1, 0.15) is 11.5 Å². The van der Waals surface area contributed by atoms with Gasteiger partial charge >= 0.3 is 6.18 Å². The van der Waals surface area contributed by atoms with Gasteiger partial charge in [-0.2, -0.15) is 13.2 Å². The van der Waals surface area contributed by atoms with Crippen molar-refractivity contribution < 1.29 is 27.4 Å². The second kappa shape index (κ2) is 7.70. The first-order valence-electron chi connectivity index (χ1n) is 9.75. The Morgan fingerprint density at radius 1 is 1.16 bits per heavy atom. The van der Waals surface area contributed by atoms with Crippen LogP contribution in [0.4, 0.5) is 18.0 Å². The first-order chi connectivity index (χ1) is 15.3. The smallest absolute Gasteiger partial charge is 0.435 e. The zero-order chi connectivity index (χ0) is 22.5. The molecule has 0 bridgehead atoms. The minimum absolute atomic E-state index is 0.0320. The van der Waals surface area contributed by atoms with Gasteiger partial charge in [-0.25, -0.2) is 0 Å². The summed E-state index contributed by atoms with van der Waals surface area (Å²) >= 11 is 1.21. The Labute approximate surface area is 184 Å². The Morgan fingerprint density at radius 3 is 2.66 bits per heavy atom. The van der Waals surface area contributed by atoms with Crippen LogP contribution < -0.4 is 14.8 Å². The number of nitrogens with one attached hydrogen (secondary N) is 1. The maximum atomic E-state index is 13.3. The van der Waals surface area contributed by atoms with E-state index in [0.717, 1.165) is 12.0 Å². The van der Waals surface area contributed by atoms with Crippen LogP contribution in [0.2, 0.25) is 0 Å². The number of carbonyl (C=O) groups is 1. The summed E-state index contributed by atoms with van der Waals surface area (Å²) < 4.78 is 51.5. The van der Waals surface area contributed by atoms with Gasteiger partial charge in [0.25, 0.3) is 5.24 Å². The number of nitrogens with zero attached hydrogens (tertiary/aromatic N) is 2. The summed E-state index contributed by atoms with van der Waals surface area (Å²) in [6.45, 7) is 4.41. The zero-order valence-corrected chi connectivity index (χ0v) is 17.3. The number of hydrogen-bond donors (Lipinski definition) is 1. The summed E-state index contributed by atoms with van der Waals surface area (Å²) in [6.07, 6.45) is -3.90. The van der Waals surface area contributed by atoms with E-state index < -0.39 is 11.9 Å². The molecule has 3 aromatic rings. The van der Waals surface area contributed by atoms with Crippen molar-refractivity contribution in [1.82, 2.24) is 15.5 Å². The highest BCUT2D eigenvalue weighted by atomic mass is 32.2. The third-order valence-electron chi connectivity index (χ3n) is 5.41. The Balaban J connectivity index is 1.47. The monoisotopic (exact) mass is 459 g/mol. The summed E-state index contributed by atoms with van der Waals surface area (Å²) in [5.74, 6) is 0.956. The summed E-state index contributed by atoms with van der Waals surface area (Å²) in [7, 11) is 0. The third kappa shape index (κ3) is 3.64. The highest BCUT2D eigenvalue weighted by Gasteiger charge is 2.38. The van der Waals surface area contributed by atoms with Gasteiger partial charge in [-0.3, -0.25) is 4.79 Å². The second-order valence-electron chi connectivity index (χ2n) is 7.42. The predicted molar refractivity (Wildman–Crippen MR) is 113 cm³/mol. The van der Waals surface area contributed by atoms with Crippen molar-refractivity contribution in [2.24, 2.45) is 0 Å². The Bertz CT molecular complexity index is 1250. The topological polar surface area (TPSA) is 73.3 Å². The molecule has 10 heteroatoms. The molecule has 1 unspecified atom stereocenters. The molecule has 164 valence electrons. The molecule has 32 heavy (non-hydrogen) atoms. The minimum atomic E-state index is -4.63. The molecule has 0 saturated carbocycles. The zero-order valence-electron chi connectivity index (χ0n) is 16.5. The van der Waals surface area contributed by atoms with Crippen LogP contribution in [0.25, 0.3) is 10.8 Å². The fourth-order valence-electron chi connectivity index (χ4n) is 3.99.